The van der Waals surface area contributed by atoms with Gasteiger partial charge in [0.1, 0.15) is 5.82 Å². The lowest BCUT2D eigenvalue weighted by atomic mass is 10.2. The van der Waals surface area contributed by atoms with E-state index in [-0.39, 0.29) is 5.82 Å². The zero-order valence-corrected chi connectivity index (χ0v) is 7.87. The Labute approximate surface area is 82.3 Å². The number of nitrogens with zero attached hydrogens (tertiary/aromatic N) is 1. The molecule has 0 saturated carbocycles. The Kier molecular flexibility index (Phi) is 2.54. The number of morpholine rings is 1. The molecule has 0 radical (unpaired) electrons. The van der Waals surface area contributed by atoms with Crippen molar-refractivity contribution in [2.45, 2.75) is 0 Å². The summed E-state index contributed by atoms with van der Waals surface area (Å²) in [6, 6.07) is 4.64. The van der Waals surface area contributed by atoms with Gasteiger partial charge in [0.2, 0.25) is 0 Å². The molecule has 1 aliphatic heterocycles. The molecule has 2 rings (SSSR count). The van der Waals surface area contributed by atoms with Crippen LogP contribution in [0.3, 0.4) is 0 Å². The van der Waals surface area contributed by atoms with E-state index in [1.165, 1.54) is 6.07 Å². The number of ether oxygens (including phenoxy) is 1. The maximum absolute atomic E-state index is 13.4. The van der Waals surface area contributed by atoms with E-state index in [4.69, 9.17) is 10.5 Å². The van der Waals surface area contributed by atoms with Crippen LogP contribution in [0.5, 0.6) is 0 Å². The monoisotopic (exact) mass is 196 g/mol. The third-order valence-electron chi connectivity index (χ3n) is 2.32. The molecule has 1 aliphatic rings. The van der Waals surface area contributed by atoms with Crippen molar-refractivity contribution in [3.05, 3.63) is 24.0 Å². The second kappa shape index (κ2) is 3.84. The fourth-order valence-corrected chi connectivity index (χ4v) is 1.58. The van der Waals surface area contributed by atoms with Crippen molar-refractivity contribution >= 4 is 11.4 Å². The number of benzene rings is 1. The summed E-state index contributed by atoms with van der Waals surface area (Å²) in [6.07, 6.45) is 0. The summed E-state index contributed by atoms with van der Waals surface area (Å²) >= 11 is 0. The molecule has 0 unspecified atom stereocenters. The zero-order chi connectivity index (χ0) is 9.97. The van der Waals surface area contributed by atoms with Crippen LogP contribution < -0.4 is 10.6 Å². The minimum atomic E-state index is -0.221. The second-order valence-electron chi connectivity index (χ2n) is 3.31. The van der Waals surface area contributed by atoms with Gasteiger partial charge in [-0.1, -0.05) is 0 Å². The third-order valence-corrected chi connectivity index (χ3v) is 2.32. The van der Waals surface area contributed by atoms with Crippen molar-refractivity contribution in [3.8, 4) is 0 Å². The van der Waals surface area contributed by atoms with E-state index in [2.05, 4.69) is 0 Å². The van der Waals surface area contributed by atoms with Crippen LogP contribution in [0.25, 0.3) is 0 Å². The van der Waals surface area contributed by atoms with E-state index >= 15 is 0 Å². The highest BCUT2D eigenvalue weighted by Crippen LogP contribution is 2.22. The van der Waals surface area contributed by atoms with E-state index in [1.807, 2.05) is 4.90 Å². The predicted molar refractivity (Wildman–Crippen MR) is 53.8 cm³/mol. The number of anilines is 2. The van der Waals surface area contributed by atoms with Crippen molar-refractivity contribution in [1.29, 1.82) is 0 Å². The molecule has 1 heterocycles. The summed E-state index contributed by atoms with van der Waals surface area (Å²) in [4.78, 5) is 1.95. The lowest BCUT2D eigenvalue weighted by Crippen LogP contribution is -2.36. The molecule has 0 aromatic heterocycles. The number of hydrogen-bond acceptors (Lipinski definition) is 3. The van der Waals surface area contributed by atoms with E-state index in [1.54, 1.807) is 12.1 Å². The Morgan fingerprint density at radius 2 is 2.00 bits per heavy atom. The Hall–Kier alpha value is -1.29. The summed E-state index contributed by atoms with van der Waals surface area (Å²) < 4.78 is 18.6. The topological polar surface area (TPSA) is 38.5 Å². The molecular formula is C10H13FN2O. The first-order valence-corrected chi connectivity index (χ1v) is 4.65. The molecule has 76 valence electrons. The standard InChI is InChI=1S/C10H13FN2O/c11-9-2-1-8(12)7-10(9)13-3-5-14-6-4-13/h1-2,7H,3-6,12H2. The molecule has 14 heavy (non-hydrogen) atoms. The smallest absolute Gasteiger partial charge is 0.146 e. The van der Waals surface area contributed by atoms with Gasteiger partial charge in [-0.15, -0.1) is 0 Å². The highest BCUT2D eigenvalue weighted by Gasteiger charge is 2.14. The fraction of sp³-hybridized carbons (Fsp3) is 0.400. The number of nitrogen functional groups attached to an aromatic ring is 1. The van der Waals surface area contributed by atoms with Crippen LogP contribution in [0.4, 0.5) is 15.8 Å². The average Bonchev–Trinajstić information content (AvgIpc) is 2.23. The first kappa shape index (κ1) is 9.27. The Bertz CT molecular complexity index is 324. The number of halogens is 1. The maximum atomic E-state index is 13.4. The Balaban J connectivity index is 2.24. The molecule has 0 atom stereocenters. The van der Waals surface area contributed by atoms with Gasteiger partial charge in [-0.2, -0.15) is 0 Å². The Morgan fingerprint density at radius 3 is 2.71 bits per heavy atom. The van der Waals surface area contributed by atoms with Gasteiger partial charge in [-0.05, 0) is 18.2 Å². The molecule has 0 amide bonds. The van der Waals surface area contributed by atoms with Crippen molar-refractivity contribution in [2.24, 2.45) is 0 Å². The van der Waals surface area contributed by atoms with Crippen LogP contribution >= 0.6 is 0 Å². The van der Waals surface area contributed by atoms with E-state index in [0.29, 0.717) is 24.6 Å². The molecular weight excluding hydrogens is 183 g/mol. The summed E-state index contributed by atoms with van der Waals surface area (Å²) in [7, 11) is 0. The molecule has 1 saturated heterocycles. The SMILES string of the molecule is Nc1ccc(F)c(N2CCOCC2)c1. The maximum Gasteiger partial charge on any atom is 0.146 e. The molecule has 4 heteroatoms. The van der Waals surface area contributed by atoms with Gasteiger partial charge in [0.15, 0.2) is 0 Å². The molecule has 1 aromatic carbocycles. The summed E-state index contributed by atoms with van der Waals surface area (Å²) in [5, 5.41) is 0. The molecule has 2 N–H and O–H groups in total. The van der Waals surface area contributed by atoms with Crippen LogP contribution in [0.1, 0.15) is 0 Å². The molecule has 0 spiro atoms. The third kappa shape index (κ3) is 1.80. The van der Waals surface area contributed by atoms with E-state index in [0.717, 1.165) is 13.1 Å². The van der Waals surface area contributed by atoms with Gasteiger partial charge < -0.3 is 15.4 Å². The second-order valence-corrected chi connectivity index (χ2v) is 3.31. The van der Waals surface area contributed by atoms with Gasteiger partial charge in [-0.3, -0.25) is 0 Å². The van der Waals surface area contributed by atoms with Crippen molar-refractivity contribution in [3.63, 3.8) is 0 Å². The quantitative estimate of drug-likeness (QED) is 0.687. The van der Waals surface area contributed by atoms with Crippen molar-refractivity contribution < 1.29 is 9.13 Å². The van der Waals surface area contributed by atoms with Crippen LogP contribution in [-0.2, 0) is 4.74 Å². The minimum absolute atomic E-state index is 0.221. The fourth-order valence-electron chi connectivity index (χ4n) is 1.58. The van der Waals surface area contributed by atoms with Crippen molar-refractivity contribution in [1.82, 2.24) is 0 Å². The van der Waals surface area contributed by atoms with Gasteiger partial charge in [0.25, 0.3) is 0 Å². The first-order chi connectivity index (χ1) is 6.77. The minimum Gasteiger partial charge on any atom is -0.399 e. The molecule has 1 fully saturated rings. The van der Waals surface area contributed by atoms with Crippen LogP contribution in [0.2, 0.25) is 0 Å². The molecule has 3 nitrogen and oxygen atoms in total. The highest BCUT2D eigenvalue weighted by molar-refractivity contribution is 5.57. The number of nitrogens with two attached hydrogens (primary N) is 1. The van der Waals surface area contributed by atoms with Gasteiger partial charge in [0, 0.05) is 18.8 Å². The summed E-state index contributed by atoms with van der Waals surface area (Å²) in [5.41, 5.74) is 6.78. The average molecular weight is 196 g/mol. The normalized spacial score (nSPS) is 17.1. The molecule has 0 aliphatic carbocycles. The summed E-state index contributed by atoms with van der Waals surface area (Å²) in [6.45, 7) is 2.74. The first-order valence-electron chi connectivity index (χ1n) is 4.65. The van der Waals surface area contributed by atoms with Gasteiger partial charge >= 0.3 is 0 Å². The van der Waals surface area contributed by atoms with Crippen LogP contribution in [-0.4, -0.2) is 26.3 Å². The van der Waals surface area contributed by atoms with Crippen LogP contribution in [0.15, 0.2) is 18.2 Å². The Morgan fingerprint density at radius 1 is 1.29 bits per heavy atom. The van der Waals surface area contributed by atoms with E-state index in [9.17, 15) is 4.39 Å². The number of hydrogen-bond donors (Lipinski definition) is 1. The highest BCUT2D eigenvalue weighted by atomic mass is 19.1. The van der Waals surface area contributed by atoms with Gasteiger partial charge in [-0.25, -0.2) is 4.39 Å². The number of rotatable bonds is 1. The van der Waals surface area contributed by atoms with Crippen LogP contribution in [0, 0.1) is 5.82 Å². The predicted octanol–water partition coefficient (Wildman–Crippen LogP) is 1.24. The molecule has 0 bridgehead atoms. The zero-order valence-electron chi connectivity index (χ0n) is 7.87. The van der Waals surface area contributed by atoms with Crippen molar-refractivity contribution in [2.75, 3.05) is 36.9 Å². The lowest BCUT2D eigenvalue weighted by Gasteiger charge is -2.29. The lowest BCUT2D eigenvalue weighted by molar-refractivity contribution is 0.122. The van der Waals surface area contributed by atoms with E-state index < -0.39 is 0 Å². The largest absolute Gasteiger partial charge is 0.399 e. The summed E-state index contributed by atoms with van der Waals surface area (Å²) in [5.74, 6) is -0.221. The van der Waals surface area contributed by atoms with Gasteiger partial charge in [0.05, 0.1) is 18.9 Å². The molecule has 1 aromatic rings.